The van der Waals surface area contributed by atoms with Crippen molar-refractivity contribution in [1.82, 2.24) is 4.90 Å². The molecule has 1 aromatic heterocycles. The van der Waals surface area contributed by atoms with E-state index in [9.17, 15) is 4.79 Å². The number of nitrogens with zero attached hydrogens (tertiary/aromatic N) is 1. The fourth-order valence-electron chi connectivity index (χ4n) is 1.85. The molecule has 1 atom stereocenters. The van der Waals surface area contributed by atoms with Crippen molar-refractivity contribution in [2.75, 3.05) is 6.54 Å². The average molecular weight is 209 g/mol. The van der Waals surface area contributed by atoms with E-state index in [1.54, 1.807) is 12.5 Å². The van der Waals surface area contributed by atoms with Gasteiger partial charge < -0.3 is 9.52 Å². The van der Waals surface area contributed by atoms with Crippen molar-refractivity contribution >= 4 is 5.97 Å². The van der Waals surface area contributed by atoms with Crippen molar-refractivity contribution in [3.63, 3.8) is 0 Å². The van der Waals surface area contributed by atoms with Gasteiger partial charge in [0.1, 0.15) is 0 Å². The van der Waals surface area contributed by atoms with Crippen LogP contribution in [0, 0.1) is 0 Å². The van der Waals surface area contributed by atoms with E-state index in [0.717, 1.165) is 18.4 Å². The van der Waals surface area contributed by atoms with Gasteiger partial charge in [-0.2, -0.15) is 0 Å². The van der Waals surface area contributed by atoms with Crippen molar-refractivity contribution in [2.24, 2.45) is 0 Å². The zero-order chi connectivity index (χ0) is 10.8. The standard InChI is InChI=1S/C11H15NO3/c1-8(9-4-5-15-7-9)12(6-11(13)14)10-2-3-10/h4-5,7-8,10H,2-3,6H2,1H3,(H,13,14). The van der Waals surface area contributed by atoms with Gasteiger partial charge in [-0.1, -0.05) is 0 Å². The maximum absolute atomic E-state index is 10.8. The lowest BCUT2D eigenvalue weighted by Crippen LogP contribution is -2.34. The number of hydrogen-bond acceptors (Lipinski definition) is 3. The molecule has 0 bridgehead atoms. The Labute approximate surface area is 88.5 Å². The number of furan rings is 1. The number of carboxylic acids is 1. The van der Waals surface area contributed by atoms with Crippen LogP contribution in [0.1, 0.15) is 31.4 Å². The quantitative estimate of drug-likeness (QED) is 0.804. The van der Waals surface area contributed by atoms with Crippen LogP contribution in [0.2, 0.25) is 0 Å². The van der Waals surface area contributed by atoms with Crippen LogP contribution in [0.25, 0.3) is 0 Å². The summed E-state index contributed by atoms with van der Waals surface area (Å²) >= 11 is 0. The summed E-state index contributed by atoms with van der Waals surface area (Å²) in [5.74, 6) is -0.766. The number of rotatable bonds is 5. The highest BCUT2D eigenvalue weighted by Crippen LogP contribution is 2.33. The van der Waals surface area contributed by atoms with E-state index in [4.69, 9.17) is 9.52 Å². The molecule has 0 amide bonds. The fourth-order valence-corrected chi connectivity index (χ4v) is 1.85. The molecule has 4 heteroatoms. The van der Waals surface area contributed by atoms with Gasteiger partial charge in [0, 0.05) is 17.6 Å². The Morgan fingerprint density at radius 2 is 2.47 bits per heavy atom. The molecule has 0 aliphatic heterocycles. The van der Waals surface area contributed by atoms with Crippen LogP contribution < -0.4 is 0 Å². The Morgan fingerprint density at radius 1 is 1.73 bits per heavy atom. The Kier molecular flexibility index (Phi) is 2.77. The molecule has 0 radical (unpaired) electrons. The molecule has 0 spiro atoms. The molecule has 4 nitrogen and oxygen atoms in total. The molecule has 0 aromatic carbocycles. The fraction of sp³-hybridized carbons (Fsp3) is 0.545. The Bertz CT molecular complexity index is 330. The Hall–Kier alpha value is -1.29. The summed E-state index contributed by atoms with van der Waals surface area (Å²) in [5.41, 5.74) is 1.04. The summed E-state index contributed by atoms with van der Waals surface area (Å²) in [6, 6.07) is 2.44. The smallest absolute Gasteiger partial charge is 0.317 e. The molecular formula is C11H15NO3. The molecule has 1 N–H and O–H groups in total. The van der Waals surface area contributed by atoms with Gasteiger partial charge in [-0.3, -0.25) is 9.69 Å². The Balaban J connectivity index is 2.07. The van der Waals surface area contributed by atoms with E-state index in [1.807, 2.05) is 17.9 Å². The summed E-state index contributed by atoms with van der Waals surface area (Å²) in [4.78, 5) is 12.8. The minimum absolute atomic E-state index is 0.108. The third-order valence-corrected chi connectivity index (χ3v) is 2.86. The van der Waals surface area contributed by atoms with Gasteiger partial charge in [0.05, 0.1) is 19.1 Å². The molecule has 1 fully saturated rings. The minimum Gasteiger partial charge on any atom is -0.480 e. The van der Waals surface area contributed by atoms with Crippen LogP contribution >= 0.6 is 0 Å². The van der Waals surface area contributed by atoms with Crippen molar-refractivity contribution in [3.05, 3.63) is 24.2 Å². The number of carboxylic acid groups (broad SMARTS) is 1. The zero-order valence-electron chi connectivity index (χ0n) is 8.72. The lowest BCUT2D eigenvalue weighted by molar-refractivity contribution is -0.139. The maximum atomic E-state index is 10.8. The molecule has 15 heavy (non-hydrogen) atoms. The van der Waals surface area contributed by atoms with Crippen LogP contribution in [0.3, 0.4) is 0 Å². The molecule has 1 aliphatic carbocycles. The van der Waals surface area contributed by atoms with E-state index in [-0.39, 0.29) is 12.6 Å². The van der Waals surface area contributed by atoms with Gasteiger partial charge in [0.2, 0.25) is 0 Å². The van der Waals surface area contributed by atoms with E-state index in [2.05, 4.69) is 0 Å². The van der Waals surface area contributed by atoms with Crippen molar-refractivity contribution in [3.8, 4) is 0 Å². The summed E-state index contributed by atoms with van der Waals surface area (Å²) in [5, 5.41) is 8.84. The predicted molar refractivity (Wildman–Crippen MR) is 54.5 cm³/mol. The number of carbonyl (C=O) groups is 1. The van der Waals surface area contributed by atoms with Crippen molar-refractivity contribution in [1.29, 1.82) is 0 Å². The van der Waals surface area contributed by atoms with Crippen LogP contribution in [0.5, 0.6) is 0 Å². The lowest BCUT2D eigenvalue weighted by Gasteiger charge is -2.26. The summed E-state index contributed by atoms with van der Waals surface area (Å²) in [6.45, 7) is 2.13. The monoisotopic (exact) mass is 209 g/mol. The molecule has 0 saturated heterocycles. The van der Waals surface area contributed by atoms with Crippen molar-refractivity contribution < 1.29 is 14.3 Å². The highest BCUT2D eigenvalue weighted by Gasteiger charge is 2.34. The van der Waals surface area contributed by atoms with E-state index >= 15 is 0 Å². The van der Waals surface area contributed by atoms with E-state index in [0.29, 0.717) is 6.04 Å². The van der Waals surface area contributed by atoms with Crippen LogP contribution in [-0.4, -0.2) is 28.6 Å². The second kappa shape index (κ2) is 4.06. The summed E-state index contributed by atoms with van der Waals surface area (Å²) in [6.07, 6.45) is 5.52. The third-order valence-electron chi connectivity index (χ3n) is 2.86. The van der Waals surface area contributed by atoms with Gasteiger partial charge in [0.15, 0.2) is 0 Å². The third kappa shape index (κ3) is 2.39. The SMILES string of the molecule is CC(c1ccoc1)N(CC(=O)O)C1CC1. The molecule has 1 aromatic rings. The van der Waals surface area contributed by atoms with Gasteiger partial charge >= 0.3 is 5.97 Å². The molecule has 2 rings (SSSR count). The largest absolute Gasteiger partial charge is 0.480 e. The second-order valence-electron chi connectivity index (χ2n) is 4.03. The normalized spacial score (nSPS) is 18.0. The van der Waals surface area contributed by atoms with E-state index < -0.39 is 5.97 Å². The van der Waals surface area contributed by atoms with Gasteiger partial charge in [-0.05, 0) is 25.8 Å². The topological polar surface area (TPSA) is 53.7 Å². The first-order valence-electron chi connectivity index (χ1n) is 5.18. The molecule has 1 heterocycles. The zero-order valence-corrected chi connectivity index (χ0v) is 8.72. The van der Waals surface area contributed by atoms with Crippen LogP contribution in [-0.2, 0) is 4.79 Å². The van der Waals surface area contributed by atoms with Crippen LogP contribution in [0.4, 0.5) is 0 Å². The van der Waals surface area contributed by atoms with Gasteiger partial charge in [0.25, 0.3) is 0 Å². The molecule has 1 unspecified atom stereocenters. The predicted octanol–water partition coefficient (Wildman–Crippen LogP) is 1.89. The first-order valence-corrected chi connectivity index (χ1v) is 5.18. The second-order valence-corrected chi connectivity index (χ2v) is 4.03. The first kappa shape index (κ1) is 10.2. The maximum Gasteiger partial charge on any atom is 0.317 e. The van der Waals surface area contributed by atoms with Crippen molar-refractivity contribution in [2.45, 2.75) is 31.8 Å². The van der Waals surface area contributed by atoms with E-state index in [1.165, 1.54) is 0 Å². The molecule has 1 saturated carbocycles. The lowest BCUT2D eigenvalue weighted by atomic mass is 10.1. The molecule has 82 valence electrons. The number of hydrogen-bond donors (Lipinski definition) is 1. The molecule has 1 aliphatic rings. The van der Waals surface area contributed by atoms with Crippen LogP contribution in [0.15, 0.2) is 23.0 Å². The Morgan fingerprint density at radius 3 is 2.93 bits per heavy atom. The highest BCUT2D eigenvalue weighted by atomic mass is 16.4. The minimum atomic E-state index is -0.766. The first-order chi connectivity index (χ1) is 7.18. The van der Waals surface area contributed by atoms with Gasteiger partial charge in [-0.25, -0.2) is 0 Å². The summed E-state index contributed by atoms with van der Waals surface area (Å²) in [7, 11) is 0. The average Bonchev–Trinajstić information content (AvgIpc) is 2.88. The number of aliphatic carboxylic acids is 1. The highest BCUT2D eigenvalue weighted by molar-refractivity contribution is 5.69. The summed E-state index contributed by atoms with van der Waals surface area (Å²) < 4.78 is 5.02. The molecular weight excluding hydrogens is 194 g/mol. The van der Waals surface area contributed by atoms with Gasteiger partial charge in [-0.15, -0.1) is 0 Å².